The zero-order valence-corrected chi connectivity index (χ0v) is 12.1. The average molecular weight is 265 g/mol. The van der Waals surface area contributed by atoms with Gasteiger partial charge in [0.15, 0.2) is 0 Å². The van der Waals surface area contributed by atoms with E-state index in [1.54, 1.807) is 0 Å². The van der Waals surface area contributed by atoms with Crippen LogP contribution in [0.2, 0.25) is 5.76 Å². The molecule has 0 spiro atoms. The standard InChI is InChI=1S/C10H24GeO3/c1-5-8-12-11(4,13-9-6-2)14-10-7-3/h5-10H2,1-4H3. The van der Waals surface area contributed by atoms with Gasteiger partial charge >= 0.3 is 91.2 Å². The molecule has 0 radical (unpaired) electrons. The van der Waals surface area contributed by atoms with Crippen LogP contribution < -0.4 is 0 Å². The second-order valence-electron chi connectivity index (χ2n) is 3.41. The summed E-state index contributed by atoms with van der Waals surface area (Å²) in [5.41, 5.74) is 0. The monoisotopic (exact) mass is 266 g/mol. The Morgan fingerprint density at radius 2 is 1.00 bits per heavy atom. The van der Waals surface area contributed by atoms with Crippen molar-refractivity contribution in [1.82, 2.24) is 0 Å². The third-order valence-corrected chi connectivity index (χ3v) is 6.29. The van der Waals surface area contributed by atoms with Crippen LogP contribution in [0.15, 0.2) is 0 Å². The maximum atomic E-state index is 5.73. The van der Waals surface area contributed by atoms with Crippen molar-refractivity contribution in [3.63, 3.8) is 0 Å². The molecule has 0 amide bonds. The molecule has 0 aromatic rings. The van der Waals surface area contributed by atoms with Gasteiger partial charge in [0.05, 0.1) is 0 Å². The zero-order valence-electron chi connectivity index (χ0n) is 9.97. The molecule has 0 aliphatic carbocycles. The van der Waals surface area contributed by atoms with Crippen LogP contribution in [0.4, 0.5) is 0 Å². The normalized spacial score (nSPS) is 12.0. The summed E-state index contributed by atoms with van der Waals surface area (Å²) in [7, 11) is 0. The van der Waals surface area contributed by atoms with Crippen molar-refractivity contribution in [2.24, 2.45) is 0 Å². The van der Waals surface area contributed by atoms with Crippen LogP contribution in [0.5, 0.6) is 0 Å². The first-order valence-electron chi connectivity index (χ1n) is 5.60. The van der Waals surface area contributed by atoms with Crippen LogP contribution in [0.25, 0.3) is 0 Å². The second-order valence-corrected chi connectivity index (χ2v) is 8.84. The first-order chi connectivity index (χ1) is 6.68. The van der Waals surface area contributed by atoms with E-state index >= 15 is 0 Å². The molecule has 3 nitrogen and oxygen atoms in total. The minimum absolute atomic E-state index is 0.754. The first kappa shape index (κ1) is 14.4. The van der Waals surface area contributed by atoms with E-state index in [1.807, 2.05) is 5.76 Å². The summed E-state index contributed by atoms with van der Waals surface area (Å²) in [5.74, 6) is 2.03. The predicted molar refractivity (Wildman–Crippen MR) is 60.3 cm³/mol. The first-order valence-corrected chi connectivity index (χ1v) is 10.3. The average Bonchev–Trinajstić information content (AvgIpc) is 2.21. The van der Waals surface area contributed by atoms with Gasteiger partial charge in [-0.1, -0.05) is 0 Å². The van der Waals surface area contributed by atoms with Gasteiger partial charge < -0.3 is 0 Å². The molecular weight excluding hydrogens is 241 g/mol. The fourth-order valence-corrected chi connectivity index (χ4v) is 5.13. The van der Waals surface area contributed by atoms with Crippen molar-refractivity contribution >= 4 is 14.3 Å². The molecule has 0 fully saturated rings. The molecule has 0 heterocycles. The Hall–Kier alpha value is 0.423. The van der Waals surface area contributed by atoms with Gasteiger partial charge in [0.25, 0.3) is 0 Å². The van der Waals surface area contributed by atoms with Crippen molar-refractivity contribution in [2.45, 2.75) is 45.8 Å². The number of rotatable bonds is 9. The molecule has 0 aliphatic heterocycles. The second kappa shape index (κ2) is 8.71. The van der Waals surface area contributed by atoms with Gasteiger partial charge in [-0.25, -0.2) is 0 Å². The summed E-state index contributed by atoms with van der Waals surface area (Å²) in [6, 6.07) is 0. The van der Waals surface area contributed by atoms with E-state index in [1.165, 1.54) is 0 Å². The number of hydrogen-bond donors (Lipinski definition) is 0. The fourth-order valence-electron chi connectivity index (χ4n) is 0.987. The van der Waals surface area contributed by atoms with E-state index in [-0.39, 0.29) is 0 Å². The van der Waals surface area contributed by atoms with Crippen LogP contribution in [0.1, 0.15) is 40.0 Å². The summed E-state index contributed by atoms with van der Waals surface area (Å²) in [6.07, 6.45) is 3.06. The SMILES string of the molecule is CCC[O][Ge]([CH3])([O]CCC)[O]CCC. The maximum absolute atomic E-state index is 5.73. The fraction of sp³-hybridized carbons (Fsp3) is 1.00. The molecule has 0 saturated carbocycles. The summed E-state index contributed by atoms with van der Waals surface area (Å²) in [6.45, 7) is 8.56. The molecular formula is C10H24GeO3. The topological polar surface area (TPSA) is 27.7 Å². The van der Waals surface area contributed by atoms with Gasteiger partial charge in [0.1, 0.15) is 0 Å². The van der Waals surface area contributed by atoms with Crippen molar-refractivity contribution in [3.05, 3.63) is 0 Å². The molecule has 14 heavy (non-hydrogen) atoms. The summed E-state index contributed by atoms with van der Waals surface area (Å²) in [4.78, 5) is 0. The van der Waals surface area contributed by atoms with E-state index in [4.69, 9.17) is 11.3 Å². The van der Waals surface area contributed by atoms with E-state index in [0.717, 1.165) is 39.1 Å². The van der Waals surface area contributed by atoms with E-state index in [9.17, 15) is 0 Å². The van der Waals surface area contributed by atoms with E-state index in [2.05, 4.69) is 20.8 Å². The molecule has 0 unspecified atom stereocenters. The Morgan fingerprint density at radius 1 is 0.714 bits per heavy atom. The Morgan fingerprint density at radius 3 is 1.21 bits per heavy atom. The molecule has 0 aromatic carbocycles. The Labute approximate surface area is 91.5 Å². The molecule has 0 aromatic heterocycles. The summed E-state index contributed by atoms with van der Waals surface area (Å²) < 4.78 is 17.2. The Kier molecular flexibility index (Phi) is 8.97. The van der Waals surface area contributed by atoms with Gasteiger partial charge in [-0.05, 0) is 0 Å². The molecule has 0 aliphatic rings. The minimum atomic E-state index is -2.83. The molecule has 0 N–H and O–H groups in total. The molecule has 0 atom stereocenters. The molecule has 86 valence electrons. The van der Waals surface area contributed by atoms with Crippen LogP contribution >= 0.6 is 0 Å². The van der Waals surface area contributed by atoms with Crippen molar-refractivity contribution < 1.29 is 11.3 Å². The van der Waals surface area contributed by atoms with Crippen LogP contribution in [0, 0.1) is 0 Å². The number of hydrogen-bond acceptors (Lipinski definition) is 3. The Balaban J connectivity index is 3.89. The summed E-state index contributed by atoms with van der Waals surface area (Å²) >= 11 is -2.83. The van der Waals surface area contributed by atoms with E-state index < -0.39 is 14.3 Å². The quantitative estimate of drug-likeness (QED) is 0.600. The predicted octanol–water partition coefficient (Wildman–Crippen LogP) is 2.83. The molecule has 0 rings (SSSR count). The van der Waals surface area contributed by atoms with Gasteiger partial charge in [-0.3, -0.25) is 0 Å². The Bertz CT molecular complexity index is 109. The molecule has 0 saturated heterocycles. The molecule has 0 bridgehead atoms. The van der Waals surface area contributed by atoms with Gasteiger partial charge in [0.2, 0.25) is 0 Å². The van der Waals surface area contributed by atoms with Crippen molar-refractivity contribution in [2.75, 3.05) is 19.8 Å². The van der Waals surface area contributed by atoms with Crippen LogP contribution in [0.3, 0.4) is 0 Å². The van der Waals surface area contributed by atoms with Crippen LogP contribution in [-0.2, 0) is 11.3 Å². The molecule has 4 heteroatoms. The van der Waals surface area contributed by atoms with Crippen molar-refractivity contribution in [1.29, 1.82) is 0 Å². The van der Waals surface area contributed by atoms with Gasteiger partial charge in [-0.15, -0.1) is 0 Å². The summed E-state index contributed by atoms with van der Waals surface area (Å²) in [5, 5.41) is 0. The van der Waals surface area contributed by atoms with Crippen molar-refractivity contribution in [3.8, 4) is 0 Å². The van der Waals surface area contributed by atoms with Gasteiger partial charge in [-0.2, -0.15) is 0 Å². The van der Waals surface area contributed by atoms with Gasteiger partial charge in [0, 0.05) is 0 Å². The third kappa shape index (κ3) is 6.81. The zero-order chi connectivity index (χ0) is 10.9. The van der Waals surface area contributed by atoms with E-state index in [0.29, 0.717) is 0 Å². The van der Waals surface area contributed by atoms with Crippen LogP contribution in [-0.4, -0.2) is 34.1 Å². The third-order valence-electron chi connectivity index (χ3n) is 1.71.